The highest BCUT2D eigenvalue weighted by Crippen LogP contribution is 2.47. The summed E-state index contributed by atoms with van der Waals surface area (Å²) >= 11 is 0. The highest BCUT2D eigenvalue weighted by Gasteiger charge is 2.61. The van der Waals surface area contributed by atoms with Gasteiger partial charge in [0.2, 0.25) is 11.8 Å². The number of nitrogen functional groups attached to an aromatic ring is 1. The molecule has 5 rings (SSSR count). The molecule has 0 aromatic heterocycles. The lowest BCUT2D eigenvalue weighted by Gasteiger charge is -2.51. The summed E-state index contributed by atoms with van der Waals surface area (Å²) in [6.07, 6.45) is 3.98. The van der Waals surface area contributed by atoms with E-state index in [4.69, 9.17) is 5.73 Å². The zero-order chi connectivity index (χ0) is 21.6. The molecule has 4 amide bonds. The number of nitrogens with one attached hydrogen (secondary N) is 1. The second-order valence-corrected chi connectivity index (χ2v) is 8.73. The molecule has 2 atom stereocenters. The molecular formula is C24H26N4O3. The minimum absolute atomic E-state index is 0.136. The smallest absolute Gasteiger partial charge is 0.331 e. The average molecular weight is 418 g/mol. The maximum absolute atomic E-state index is 14.0. The van der Waals surface area contributed by atoms with Crippen molar-refractivity contribution in [1.82, 2.24) is 10.2 Å². The number of barbiturate groups is 1. The summed E-state index contributed by atoms with van der Waals surface area (Å²) in [5.41, 5.74) is 8.08. The highest BCUT2D eigenvalue weighted by atomic mass is 16.2. The van der Waals surface area contributed by atoms with Gasteiger partial charge in [-0.15, -0.1) is 0 Å². The molecule has 3 aliphatic heterocycles. The zero-order valence-corrected chi connectivity index (χ0v) is 17.3. The van der Waals surface area contributed by atoms with Crippen molar-refractivity contribution in [3.8, 4) is 0 Å². The van der Waals surface area contributed by atoms with Crippen LogP contribution in [0.25, 0.3) is 0 Å². The largest absolute Gasteiger partial charge is 0.399 e. The van der Waals surface area contributed by atoms with E-state index in [-0.39, 0.29) is 19.0 Å². The summed E-state index contributed by atoms with van der Waals surface area (Å²) in [6, 6.07) is 14.2. The van der Waals surface area contributed by atoms with E-state index < -0.39 is 23.3 Å². The van der Waals surface area contributed by atoms with E-state index in [1.165, 1.54) is 4.90 Å². The molecule has 2 aromatic rings. The fourth-order valence-corrected chi connectivity index (χ4v) is 5.42. The third-order valence-electron chi connectivity index (χ3n) is 6.89. The van der Waals surface area contributed by atoms with Gasteiger partial charge in [-0.1, -0.05) is 43.2 Å². The van der Waals surface area contributed by atoms with Gasteiger partial charge in [-0.05, 0) is 48.6 Å². The van der Waals surface area contributed by atoms with E-state index >= 15 is 0 Å². The topological polar surface area (TPSA) is 95.7 Å². The van der Waals surface area contributed by atoms with Gasteiger partial charge in [0, 0.05) is 17.9 Å². The molecular weight excluding hydrogens is 392 g/mol. The van der Waals surface area contributed by atoms with E-state index in [1.807, 2.05) is 48.5 Å². The van der Waals surface area contributed by atoms with Crippen molar-refractivity contribution in [1.29, 1.82) is 0 Å². The van der Waals surface area contributed by atoms with Crippen molar-refractivity contribution in [2.75, 3.05) is 17.2 Å². The van der Waals surface area contributed by atoms with Gasteiger partial charge in [0.1, 0.15) is 0 Å². The van der Waals surface area contributed by atoms with Crippen LogP contribution in [0.1, 0.15) is 36.8 Å². The summed E-state index contributed by atoms with van der Waals surface area (Å²) in [7, 11) is 0. The van der Waals surface area contributed by atoms with Crippen LogP contribution < -0.4 is 16.0 Å². The molecule has 3 N–H and O–H groups in total. The highest BCUT2D eigenvalue weighted by molar-refractivity contribution is 6.20. The molecule has 2 unspecified atom stereocenters. The van der Waals surface area contributed by atoms with Gasteiger partial charge in [-0.2, -0.15) is 0 Å². The van der Waals surface area contributed by atoms with Crippen LogP contribution >= 0.6 is 0 Å². The van der Waals surface area contributed by atoms with Crippen LogP contribution in [-0.4, -0.2) is 35.3 Å². The number of rotatable bonds is 2. The van der Waals surface area contributed by atoms with Gasteiger partial charge in [0.05, 0.1) is 12.6 Å². The second-order valence-electron chi connectivity index (χ2n) is 8.73. The van der Waals surface area contributed by atoms with E-state index in [9.17, 15) is 14.4 Å². The molecule has 0 aliphatic carbocycles. The van der Waals surface area contributed by atoms with Crippen molar-refractivity contribution in [2.45, 2.75) is 44.7 Å². The van der Waals surface area contributed by atoms with Crippen LogP contribution in [0.15, 0.2) is 48.5 Å². The van der Waals surface area contributed by atoms with Crippen molar-refractivity contribution in [2.24, 2.45) is 5.41 Å². The molecule has 0 bridgehead atoms. The predicted octanol–water partition coefficient (Wildman–Crippen LogP) is 2.84. The normalized spacial score (nSPS) is 25.7. The first-order valence-corrected chi connectivity index (χ1v) is 10.9. The lowest BCUT2D eigenvalue weighted by atomic mass is 9.67. The molecule has 2 saturated heterocycles. The average Bonchev–Trinajstić information content (AvgIpc) is 3.02. The van der Waals surface area contributed by atoms with Gasteiger partial charge >= 0.3 is 6.03 Å². The number of urea groups is 1. The van der Waals surface area contributed by atoms with Crippen LogP contribution in [0, 0.1) is 5.41 Å². The quantitative estimate of drug-likeness (QED) is 0.578. The van der Waals surface area contributed by atoms with E-state index in [0.29, 0.717) is 5.69 Å². The Bertz CT molecular complexity index is 1050. The third-order valence-corrected chi connectivity index (χ3v) is 6.89. The lowest BCUT2D eigenvalue weighted by molar-refractivity contribution is -0.154. The Hall–Kier alpha value is -3.35. The minimum Gasteiger partial charge on any atom is -0.399 e. The summed E-state index contributed by atoms with van der Waals surface area (Å²) < 4.78 is 0. The number of nitrogens with zero attached hydrogens (tertiary/aromatic N) is 2. The predicted molar refractivity (Wildman–Crippen MR) is 117 cm³/mol. The molecule has 1 spiro atoms. The minimum atomic E-state index is -1.34. The molecule has 3 aliphatic rings. The lowest BCUT2D eigenvalue weighted by Crippen LogP contribution is -2.71. The van der Waals surface area contributed by atoms with Crippen molar-refractivity contribution >= 4 is 29.2 Å². The van der Waals surface area contributed by atoms with E-state index in [2.05, 4.69) is 10.2 Å². The fourth-order valence-electron chi connectivity index (χ4n) is 5.42. The Morgan fingerprint density at radius 2 is 1.84 bits per heavy atom. The summed E-state index contributed by atoms with van der Waals surface area (Å²) in [6.45, 7) is 0.910. The number of hydrogen-bond donors (Lipinski definition) is 2. The molecule has 7 nitrogen and oxygen atoms in total. The van der Waals surface area contributed by atoms with Crippen molar-refractivity contribution in [3.05, 3.63) is 59.7 Å². The SMILES string of the molecule is Nc1ccc2c(c1)CC1(C(=O)NC(=O)N(Cc3ccccc3)C1=O)C1CCCCCN21. The number of fused-ring (bicyclic) bond motifs is 4. The maximum Gasteiger partial charge on any atom is 0.331 e. The number of carbonyl (C=O) groups excluding carboxylic acids is 3. The van der Waals surface area contributed by atoms with Gasteiger partial charge < -0.3 is 10.6 Å². The Labute approximate surface area is 181 Å². The van der Waals surface area contributed by atoms with Crippen LogP contribution in [0.5, 0.6) is 0 Å². The van der Waals surface area contributed by atoms with E-state index in [1.54, 1.807) is 0 Å². The van der Waals surface area contributed by atoms with Crippen LogP contribution in [0.2, 0.25) is 0 Å². The number of nitrogens with two attached hydrogens (primary N) is 1. The van der Waals surface area contributed by atoms with Gasteiger partial charge in [0.15, 0.2) is 5.41 Å². The van der Waals surface area contributed by atoms with Gasteiger partial charge in [0.25, 0.3) is 0 Å². The standard InChI is InChI=1S/C24H26N4O3/c25-18-10-11-19-17(13-18)14-24(20-9-5-2-6-12-27(19)20)21(29)26-23(31)28(22(24)30)15-16-7-3-1-4-8-16/h1,3-4,7-8,10-11,13,20H,2,5-6,9,12,14-15,25H2,(H,26,29,31). The first kappa shape index (κ1) is 19.6. The van der Waals surface area contributed by atoms with Crippen LogP contribution in [-0.2, 0) is 22.6 Å². The Morgan fingerprint density at radius 1 is 1.03 bits per heavy atom. The maximum atomic E-state index is 14.0. The molecule has 2 fully saturated rings. The summed E-state index contributed by atoms with van der Waals surface area (Å²) in [5, 5.41) is 2.51. The number of amides is 4. The van der Waals surface area contributed by atoms with Gasteiger partial charge in [-0.25, -0.2) is 4.79 Å². The Morgan fingerprint density at radius 3 is 2.65 bits per heavy atom. The van der Waals surface area contributed by atoms with Gasteiger partial charge in [-0.3, -0.25) is 19.8 Å². The molecule has 0 radical (unpaired) electrons. The molecule has 7 heteroatoms. The first-order chi connectivity index (χ1) is 15.0. The number of benzene rings is 2. The molecule has 31 heavy (non-hydrogen) atoms. The Balaban J connectivity index is 1.61. The molecule has 3 heterocycles. The molecule has 160 valence electrons. The number of anilines is 2. The number of imide groups is 2. The Kier molecular flexibility index (Phi) is 4.68. The monoisotopic (exact) mass is 418 g/mol. The summed E-state index contributed by atoms with van der Waals surface area (Å²) in [4.78, 5) is 43.5. The zero-order valence-electron chi connectivity index (χ0n) is 17.3. The molecule has 2 aromatic carbocycles. The van der Waals surface area contributed by atoms with Crippen LogP contribution in [0.4, 0.5) is 16.2 Å². The number of carbonyl (C=O) groups is 3. The van der Waals surface area contributed by atoms with E-state index in [0.717, 1.165) is 49.0 Å². The first-order valence-electron chi connectivity index (χ1n) is 10.9. The third kappa shape index (κ3) is 3.07. The van der Waals surface area contributed by atoms with Crippen molar-refractivity contribution < 1.29 is 14.4 Å². The molecule has 0 saturated carbocycles. The van der Waals surface area contributed by atoms with Crippen molar-refractivity contribution in [3.63, 3.8) is 0 Å². The second kappa shape index (κ2) is 7.41. The summed E-state index contributed by atoms with van der Waals surface area (Å²) in [5.74, 6) is -0.896. The number of hydrogen-bond acceptors (Lipinski definition) is 5. The fraction of sp³-hybridized carbons (Fsp3) is 0.375. The van der Waals surface area contributed by atoms with Crippen LogP contribution in [0.3, 0.4) is 0 Å².